The van der Waals surface area contributed by atoms with Gasteiger partial charge in [-0.2, -0.15) is 0 Å². The van der Waals surface area contributed by atoms with Crippen molar-refractivity contribution in [2.24, 2.45) is 0 Å². The zero-order valence-electron chi connectivity index (χ0n) is 22.5. The van der Waals surface area contributed by atoms with E-state index in [0.29, 0.717) is 47.2 Å². The van der Waals surface area contributed by atoms with Gasteiger partial charge in [0.2, 0.25) is 0 Å². The molecule has 0 saturated carbocycles. The van der Waals surface area contributed by atoms with Crippen LogP contribution in [0.3, 0.4) is 0 Å². The van der Waals surface area contributed by atoms with Crippen LogP contribution >= 0.6 is 23.2 Å². The monoisotopic (exact) mass is 588 g/mol. The number of aromatic nitrogens is 2. The van der Waals surface area contributed by atoms with Crippen molar-refractivity contribution in [2.45, 2.75) is 6.04 Å². The number of nitrogens with one attached hydrogen (secondary N) is 2. The van der Waals surface area contributed by atoms with Crippen molar-refractivity contribution in [3.05, 3.63) is 40.6 Å². The first kappa shape index (κ1) is 27.7. The van der Waals surface area contributed by atoms with Crippen LogP contribution < -0.4 is 40.4 Å². The number of nitrogens with two attached hydrogens (primary N) is 1. The zero-order valence-corrected chi connectivity index (χ0v) is 24.0. The third kappa shape index (κ3) is 5.29. The van der Waals surface area contributed by atoms with Crippen LogP contribution in [-0.4, -0.2) is 81.5 Å². The number of hydrogen-bond donors (Lipinski definition) is 3. The minimum absolute atomic E-state index is 0.132. The number of nitrogens with zero attached hydrogens (tertiary/aromatic N) is 5. The second kappa shape index (κ2) is 11.3. The van der Waals surface area contributed by atoms with Crippen molar-refractivity contribution in [3.8, 4) is 17.2 Å². The maximum atomic E-state index is 13.1. The average Bonchev–Trinajstić information content (AvgIpc) is 2.95. The first-order valence-corrected chi connectivity index (χ1v) is 13.2. The van der Waals surface area contributed by atoms with E-state index < -0.39 is 6.03 Å². The van der Waals surface area contributed by atoms with Crippen LogP contribution in [0, 0.1) is 0 Å². The molecular weight excluding hydrogens is 559 g/mol. The van der Waals surface area contributed by atoms with Gasteiger partial charge >= 0.3 is 6.03 Å². The molecule has 0 aliphatic carbocycles. The lowest BCUT2D eigenvalue weighted by molar-refractivity contribution is 0.188. The van der Waals surface area contributed by atoms with Gasteiger partial charge in [-0.25, -0.2) is 14.8 Å². The van der Waals surface area contributed by atoms with Crippen molar-refractivity contribution in [2.75, 3.05) is 80.7 Å². The van der Waals surface area contributed by atoms with Gasteiger partial charge in [0.05, 0.1) is 43.0 Å². The Kier molecular flexibility index (Phi) is 7.83. The maximum Gasteiger partial charge on any atom is 0.327 e. The van der Waals surface area contributed by atoms with Gasteiger partial charge in [-0.1, -0.05) is 23.2 Å². The first-order chi connectivity index (χ1) is 19.2. The number of nitrogen functional groups attached to an aromatic ring is 1. The predicted octanol–water partition coefficient (Wildman–Crippen LogP) is 4.31. The number of halogens is 2. The number of ether oxygens (including phenoxy) is 3. The summed E-state index contributed by atoms with van der Waals surface area (Å²) in [4.78, 5) is 27.6. The van der Waals surface area contributed by atoms with E-state index in [2.05, 4.69) is 37.4 Å². The smallest absolute Gasteiger partial charge is 0.327 e. The van der Waals surface area contributed by atoms with Gasteiger partial charge in [-0.15, -0.1) is 0 Å². The van der Waals surface area contributed by atoms with Gasteiger partial charge in [0.25, 0.3) is 0 Å². The quantitative estimate of drug-likeness (QED) is 0.358. The number of methoxy groups -OCH3 is 2. The number of benzene rings is 2. The van der Waals surface area contributed by atoms with Crippen molar-refractivity contribution in [1.82, 2.24) is 14.9 Å². The van der Waals surface area contributed by atoms with Crippen LogP contribution in [0.15, 0.2) is 30.6 Å². The zero-order chi connectivity index (χ0) is 28.6. The largest absolute Gasteiger partial charge is 0.495 e. The molecule has 1 aromatic heterocycles. The van der Waals surface area contributed by atoms with E-state index in [1.807, 2.05) is 12.1 Å². The Morgan fingerprint density at radius 2 is 1.85 bits per heavy atom. The Morgan fingerprint density at radius 1 is 1.12 bits per heavy atom. The molecule has 2 aliphatic rings. The SMILES string of the molecule is COc1cc(OC)c(Cl)c(NC(=O)N(C)c2cc(Nc3cc4c(cc3N)N3CCN(C)C[C@H]3CO4)ncn2)c1Cl. The fraction of sp³-hybridized carbons (Fsp3) is 0.346. The summed E-state index contributed by atoms with van der Waals surface area (Å²) in [5.74, 6) is 2.09. The number of rotatable bonds is 6. The minimum Gasteiger partial charge on any atom is -0.495 e. The number of anilines is 6. The highest BCUT2D eigenvalue weighted by Crippen LogP contribution is 2.44. The standard InChI is InChI=1S/C26H30Cl2N8O4/c1-34-5-6-36-14(11-34)12-40-18-8-16(15(29)7-17(18)36)32-21-10-22(31-13-30-21)35(2)26(37)33-25-23(27)19(38-3)9-20(39-4)24(25)28/h7-10,13-14H,5-6,11-12,29H2,1-4H3,(H,33,37)(H,30,31,32)/t14-/m0/s1. The van der Waals surface area contributed by atoms with Gasteiger partial charge in [0.15, 0.2) is 0 Å². The molecule has 12 nitrogen and oxygen atoms in total. The van der Waals surface area contributed by atoms with Crippen LogP contribution in [0.2, 0.25) is 10.0 Å². The molecule has 0 bridgehead atoms. The molecule has 0 spiro atoms. The molecule has 14 heteroatoms. The summed E-state index contributed by atoms with van der Waals surface area (Å²) >= 11 is 12.8. The molecule has 3 aromatic rings. The van der Waals surface area contributed by atoms with Crippen LogP contribution in [0.5, 0.6) is 17.2 Å². The van der Waals surface area contributed by atoms with E-state index in [4.69, 9.17) is 43.1 Å². The van der Waals surface area contributed by atoms with Crippen molar-refractivity contribution >= 4 is 63.6 Å². The lowest BCUT2D eigenvalue weighted by atomic mass is 10.1. The fourth-order valence-electron chi connectivity index (χ4n) is 4.72. The number of hydrogen-bond acceptors (Lipinski definition) is 10. The molecule has 0 radical (unpaired) electrons. The predicted molar refractivity (Wildman–Crippen MR) is 157 cm³/mol. The maximum absolute atomic E-state index is 13.1. The molecule has 1 fully saturated rings. The third-order valence-corrected chi connectivity index (χ3v) is 7.68. The number of piperazine rings is 1. The Labute approximate surface area is 241 Å². The van der Waals surface area contributed by atoms with Gasteiger partial charge in [-0.05, 0) is 13.1 Å². The molecule has 2 amide bonds. The molecule has 5 rings (SSSR count). The Balaban J connectivity index is 1.34. The number of carbonyl (C=O) groups excluding carboxylic acids is 1. The van der Waals surface area contributed by atoms with Gasteiger partial charge in [-0.3, -0.25) is 4.90 Å². The van der Waals surface area contributed by atoms with Crippen molar-refractivity contribution in [3.63, 3.8) is 0 Å². The van der Waals surface area contributed by atoms with E-state index in [-0.39, 0.29) is 15.7 Å². The van der Waals surface area contributed by atoms with E-state index >= 15 is 0 Å². The molecule has 0 unspecified atom stereocenters. The fourth-order valence-corrected chi connectivity index (χ4v) is 5.31. The Morgan fingerprint density at radius 3 is 2.55 bits per heavy atom. The topological polar surface area (TPSA) is 130 Å². The first-order valence-electron chi connectivity index (χ1n) is 12.4. The molecular formula is C26H30Cl2N8O4. The molecule has 2 aromatic carbocycles. The minimum atomic E-state index is -0.549. The molecule has 212 valence electrons. The van der Waals surface area contributed by atoms with Gasteiger partial charge < -0.3 is 40.4 Å². The van der Waals surface area contributed by atoms with E-state index in [9.17, 15) is 4.79 Å². The average molecular weight is 589 g/mol. The summed E-state index contributed by atoms with van der Waals surface area (Å²) in [6, 6.07) is 6.69. The molecule has 2 aliphatic heterocycles. The van der Waals surface area contributed by atoms with Crippen molar-refractivity contribution in [1.29, 1.82) is 0 Å². The normalized spacial score (nSPS) is 16.4. The van der Waals surface area contributed by atoms with Gasteiger partial charge in [0.1, 0.15) is 51.9 Å². The summed E-state index contributed by atoms with van der Waals surface area (Å²) in [6.07, 6.45) is 1.34. The van der Waals surface area contributed by atoms with Crippen molar-refractivity contribution < 1.29 is 19.0 Å². The van der Waals surface area contributed by atoms with Crippen LogP contribution in [0.25, 0.3) is 0 Å². The second-order valence-corrected chi connectivity index (χ2v) is 10.2. The Hall–Kier alpha value is -3.87. The number of fused-ring (bicyclic) bond motifs is 3. The summed E-state index contributed by atoms with van der Waals surface area (Å²) in [5, 5.41) is 6.18. The summed E-state index contributed by atoms with van der Waals surface area (Å²) in [6.45, 7) is 3.43. The summed E-state index contributed by atoms with van der Waals surface area (Å²) in [7, 11) is 6.57. The molecule has 1 atom stereocenters. The highest BCUT2D eigenvalue weighted by atomic mass is 35.5. The molecule has 40 heavy (non-hydrogen) atoms. The lowest BCUT2D eigenvalue weighted by Crippen LogP contribution is -2.56. The highest BCUT2D eigenvalue weighted by molar-refractivity contribution is 6.41. The number of urea groups is 1. The molecule has 1 saturated heterocycles. The van der Waals surface area contributed by atoms with E-state index in [1.165, 1.54) is 31.5 Å². The van der Waals surface area contributed by atoms with Crippen LogP contribution in [0.4, 0.5) is 39.2 Å². The highest BCUT2D eigenvalue weighted by Gasteiger charge is 2.32. The van der Waals surface area contributed by atoms with Gasteiger partial charge in [0, 0.05) is 44.9 Å². The third-order valence-electron chi connectivity index (χ3n) is 6.93. The second-order valence-electron chi connectivity index (χ2n) is 9.49. The molecule has 4 N–H and O–H groups in total. The van der Waals surface area contributed by atoms with Crippen LogP contribution in [0.1, 0.15) is 0 Å². The summed E-state index contributed by atoms with van der Waals surface area (Å²) < 4.78 is 16.6. The van der Waals surface area contributed by atoms with E-state index in [0.717, 1.165) is 31.1 Å². The summed E-state index contributed by atoms with van der Waals surface area (Å²) in [5.41, 5.74) is 8.74. The van der Waals surface area contributed by atoms with E-state index in [1.54, 1.807) is 13.1 Å². The number of likely N-dealkylation sites (N-methyl/N-ethyl adjacent to an activating group) is 1. The number of carbonyl (C=O) groups is 1. The molecule has 3 heterocycles. The Bertz CT molecular complexity index is 1410. The lowest BCUT2D eigenvalue weighted by Gasteiger charge is -2.44. The number of amides is 2. The van der Waals surface area contributed by atoms with Crippen LogP contribution in [-0.2, 0) is 0 Å².